The van der Waals surface area contributed by atoms with Crippen molar-refractivity contribution >= 4 is 45.7 Å². The second-order valence-corrected chi connectivity index (χ2v) is 9.81. The number of nitrogens with zero attached hydrogens (tertiary/aromatic N) is 3. The molecule has 0 bridgehead atoms. The average molecular weight is 507 g/mol. The van der Waals surface area contributed by atoms with E-state index in [0.717, 1.165) is 22.6 Å². The van der Waals surface area contributed by atoms with Crippen molar-refractivity contribution in [2.75, 3.05) is 12.4 Å². The second-order valence-electron chi connectivity index (χ2n) is 7.19. The summed E-state index contributed by atoms with van der Waals surface area (Å²) in [6, 6.07) is 20.5. The van der Waals surface area contributed by atoms with Crippen LogP contribution in [0.25, 0.3) is 22.5 Å². The van der Waals surface area contributed by atoms with Crippen molar-refractivity contribution in [3.8, 4) is 34.3 Å². The smallest absolute Gasteiger partial charge is 0.239 e. The fourth-order valence-corrected chi connectivity index (χ4v) is 4.81. The fourth-order valence-electron chi connectivity index (χ4n) is 3.07. The summed E-state index contributed by atoms with van der Waals surface area (Å²) in [5.74, 6) is 0.516. The summed E-state index contributed by atoms with van der Waals surface area (Å²) in [6.45, 7) is 1.77. The van der Waals surface area contributed by atoms with Crippen molar-refractivity contribution in [1.29, 1.82) is 5.26 Å². The highest BCUT2D eigenvalue weighted by Gasteiger charge is 2.19. The number of hydrogen-bond donors (Lipinski definition) is 1. The number of aromatic nitrogens is 2. The Morgan fingerprint density at radius 2 is 1.91 bits per heavy atom. The number of nitriles is 1. The summed E-state index contributed by atoms with van der Waals surface area (Å²) in [7, 11) is 1.61. The topological polar surface area (TPSA) is 87.9 Å². The number of amides is 1. The highest BCUT2D eigenvalue weighted by Crippen LogP contribution is 2.31. The molecule has 0 saturated heterocycles. The van der Waals surface area contributed by atoms with Gasteiger partial charge < -0.3 is 10.1 Å². The quantitative estimate of drug-likeness (QED) is 0.287. The third-order valence-corrected chi connectivity index (χ3v) is 6.99. The van der Waals surface area contributed by atoms with Crippen LogP contribution in [0, 0.1) is 11.3 Å². The van der Waals surface area contributed by atoms with E-state index in [2.05, 4.69) is 21.4 Å². The van der Waals surface area contributed by atoms with Gasteiger partial charge in [-0.1, -0.05) is 47.6 Å². The summed E-state index contributed by atoms with van der Waals surface area (Å²) in [5.41, 5.74) is 3.65. The van der Waals surface area contributed by atoms with Gasteiger partial charge in [-0.05, 0) is 43.3 Å². The number of ether oxygens (including phenoxy) is 1. The van der Waals surface area contributed by atoms with Gasteiger partial charge in [0.2, 0.25) is 5.91 Å². The van der Waals surface area contributed by atoms with Crippen LogP contribution in [0.2, 0.25) is 5.02 Å². The standard InChI is InChI=1S/C25H19ClN4O2S2/c1-15(23(31)30-25-29-22(14-33-25)17-4-3-5-20(12-17)32-2)34-24-18(13-27)8-11-21(28-24)16-6-9-19(26)10-7-16/h3-12,14-15H,1-2H3,(H,29,30,31). The molecule has 0 fully saturated rings. The van der Waals surface area contributed by atoms with E-state index in [1.54, 1.807) is 38.3 Å². The number of benzene rings is 2. The number of carbonyl (C=O) groups excluding carboxylic acids is 1. The molecule has 1 amide bonds. The molecule has 4 aromatic rings. The van der Waals surface area contributed by atoms with E-state index in [1.807, 2.05) is 41.8 Å². The summed E-state index contributed by atoms with van der Waals surface area (Å²) in [5, 5.41) is 15.4. The van der Waals surface area contributed by atoms with E-state index in [-0.39, 0.29) is 5.91 Å². The van der Waals surface area contributed by atoms with Crippen molar-refractivity contribution in [2.24, 2.45) is 0 Å². The Balaban J connectivity index is 1.47. The molecule has 0 aliphatic rings. The maximum absolute atomic E-state index is 12.8. The Bertz CT molecular complexity index is 1370. The van der Waals surface area contributed by atoms with Crippen LogP contribution in [0.3, 0.4) is 0 Å². The van der Waals surface area contributed by atoms with E-state index in [0.29, 0.717) is 26.4 Å². The Morgan fingerprint density at radius 1 is 1.12 bits per heavy atom. The molecule has 2 heterocycles. The first-order valence-corrected chi connectivity index (χ1v) is 12.3. The molecule has 0 aliphatic heterocycles. The third kappa shape index (κ3) is 5.57. The number of halogens is 1. The van der Waals surface area contributed by atoms with Crippen LogP contribution in [0.1, 0.15) is 12.5 Å². The Hall–Kier alpha value is -3.38. The molecule has 0 radical (unpaired) electrons. The zero-order valence-electron chi connectivity index (χ0n) is 18.3. The molecule has 0 aliphatic carbocycles. The van der Waals surface area contributed by atoms with Gasteiger partial charge in [0.1, 0.15) is 16.8 Å². The van der Waals surface area contributed by atoms with Gasteiger partial charge in [0.05, 0.1) is 29.3 Å². The van der Waals surface area contributed by atoms with Gasteiger partial charge in [-0.25, -0.2) is 9.97 Å². The number of thioether (sulfide) groups is 1. The minimum atomic E-state index is -0.496. The van der Waals surface area contributed by atoms with Gasteiger partial charge in [0.25, 0.3) is 0 Å². The lowest BCUT2D eigenvalue weighted by Gasteiger charge is -2.12. The molecular formula is C25H19ClN4O2S2. The highest BCUT2D eigenvalue weighted by molar-refractivity contribution is 8.00. The number of anilines is 1. The molecule has 9 heteroatoms. The lowest BCUT2D eigenvalue weighted by Crippen LogP contribution is -2.22. The predicted molar refractivity (Wildman–Crippen MR) is 137 cm³/mol. The van der Waals surface area contributed by atoms with Crippen LogP contribution < -0.4 is 10.1 Å². The molecule has 2 aromatic carbocycles. The maximum atomic E-state index is 12.8. The number of pyridine rings is 1. The van der Waals surface area contributed by atoms with Crippen molar-refractivity contribution in [3.05, 3.63) is 76.6 Å². The molecule has 6 nitrogen and oxygen atoms in total. The number of carbonyl (C=O) groups is 1. The van der Waals surface area contributed by atoms with E-state index in [1.165, 1.54) is 23.1 Å². The van der Waals surface area contributed by atoms with Crippen LogP contribution >= 0.6 is 34.7 Å². The molecule has 1 atom stereocenters. The number of nitrogens with one attached hydrogen (secondary N) is 1. The van der Waals surface area contributed by atoms with E-state index >= 15 is 0 Å². The van der Waals surface area contributed by atoms with Crippen molar-refractivity contribution in [2.45, 2.75) is 17.2 Å². The van der Waals surface area contributed by atoms with Crippen molar-refractivity contribution in [3.63, 3.8) is 0 Å². The lowest BCUT2D eigenvalue weighted by molar-refractivity contribution is -0.115. The van der Waals surface area contributed by atoms with Gasteiger partial charge in [-0.3, -0.25) is 4.79 Å². The normalized spacial score (nSPS) is 11.5. The zero-order chi connectivity index (χ0) is 24.1. The van der Waals surface area contributed by atoms with Crippen LogP contribution in [0.4, 0.5) is 5.13 Å². The molecule has 34 heavy (non-hydrogen) atoms. The van der Waals surface area contributed by atoms with Crippen molar-refractivity contribution < 1.29 is 9.53 Å². The summed E-state index contributed by atoms with van der Waals surface area (Å²) >= 11 is 8.55. The first-order chi connectivity index (χ1) is 16.5. The molecule has 2 aromatic heterocycles. The first-order valence-electron chi connectivity index (χ1n) is 10.2. The Kier molecular flexibility index (Phi) is 7.48. The highest BCUT2D eigenvalue weighted by atomic mass is 35.5. The molecule has 4 rings (SSSR count). The fraction of sp³-hybridized carbons (Fsp3) is 0.120. The van der Waals surface area contributed by atoms with Crippen LogP contribution in [0.15, 0.2) is 71.1 Å². The SMILES string of the molecule is COc1cccc(-c2csc(NC(=O)C(C)Sc3nc(-c4ccc(Cl)cc4)ccc3C#N)n2)c1. The predicted octanol–water partition coefficient (Wildman–Crippen LogP) is 6.53. The van der Waals surface area contributed by atoms with Gasteiger partial charge >= 0.3 is 0 Å². The molecule has 0 spiro atoms. The number of rotatable bonds is 7. The third-order valence-electron chi connectivity index (χ3n) is 4.88. The van der Waals surface area contributed by atoms with E-state index < -0.39 is 5.25 Å². The monoisotopic (exact) mass is 506 g/mol. The average Bonchev–Trinajstić information content (AvgIpc) is 3.33. The Labute approximate surface area is 210 Å². The first kappa shape index (κ1) is 23.8. The zero-order valence-corrected chi connectivity index (χ0v) is 20.7. The van der Waals surface area contributed by atoms with Gasteiger partial charge in [-0.15, -0.1) is 11.3 Å². The van der Waals surface area contributed by atoms with Crippen LogP contribution in [-0.2, 0) is 4.79 Å². The van der Waals surface area contributed by atoms with E-state index in [9.17, 15) is 10.1 Å². The minimum Gasteiger partial charge on any atom is -0.497 e. The van der Waals surface area contributed by atoms with Gasteiger partial charge in [-0.2, -0.15) is 5.26 Å². The lowest BCUT2D eigenvalue weighted by atomic mass is 10.1. The number of methoxy groups -OCH3 is 1. The Morgan fingerprint density at radius 3 is 2.65 bits per heavy atom. The summed E-state index contributed by atoms with van der Waals surface area (Å²) < 4.78 is 5.26. The molecule has 1 N–H and O–H groups in total. The molecule has 1 unspecified atom stereocenters. The number of hydrogen-bond acceptors (Lipinski definition) is 7. The van der Waals surface area contributed by atoms with Gasteiger partial charge in [0.15, 0.2) is 5.13 Å². The largest absolute Gasteiger partial charge is 0.497 e. The second kappa shape index (κ2) is 10.7. The molecule has 170 valence electrons. The summed E-state index contributed by atoms with van der Waals surface area (Å²) in [4.78, 5) is 22.0. The van der Waals surface area contributed by atoms with E-state index in [4.69, 9.17) is 16.3 Å². The summed E-state index contributed by atoms with van der Waals surface area (Å²) in [6.07, 6.45) is 0. The maximum Gasteiger partial charge on any atom is 0.239 e. The minimum absolute atomic E-state index is 0.223. The van der Waals surface area contributed by atoms with Crippen LogP contribution in [-0.4, -0.2) is 28.2 Å². The molecular weight excluding hydrogens is 488 g/mol. The number of thiazole rings is 1. The van der Waals surface area contributed by atoms with Gasteiger partial charge in [0, 0.05) is 21.5 Å². The molecule has 0 saturated carbocycles. The van der Waals surface area contributed by atoms with Crippen LogP contribution in [0.5, 0.6) is 5.75 Å². The van der Waals surface area contributed by atoms with Crippen molar-refractivity contribution in [1.82, 2.24) is 9.97 Å².